The summed E-state index contributed by atoms with van der Waals surface area (Å²) in [6.45, 7) is 12.9. The second-order valence-corrected chi connectivity index (χ2v) is 9.07. The predicted molar refractivity (Wildman–Crippen MR) is 99.7 cm³/mol. The Balaban J connectivity index is 1.86. The lowest BCUT2D eigenvalue weighted by molar-refractivity contribution is -0.931. The minimum atomic E-state index is -0.581. The fraction of sp³-hybridized carbons (Fsp3) is 0.950. The Kier molecular flexibility index (Phi) is 7.89. The lowest BCUT2D eigenvalue weighted by Crippen LogP contribution is -2.60. The van der Waals surface area contributed by atoms with E-state index in [0.29, 0.717) is 55.3 Å². The maximum Gasteiger partial charge on any atom is 0.361 e. The molecule has 1 N–H and O–H groups in total. The first-order chi connectivity index (χ1) is 12.2. The van der Waals surface area contributed by atoms with Crippen LogP contribution in [0.3, 0.4) is 0 Å². The Bertz CT molecular complexity index is 447. The van der Waals surface area contributed by atoms with Crippen LogP contribution in [0.25, 0.3) is 0 Å². The van der Waals surface area contributed by atoms with Gasteiger partial charge in [0.15, 0.2) is 6.54 Å². The van der Waals surface area contributed by atoms with Gasteiger partial charge in [-0.05, 0) is 37.5 Å². The predicted octanol–water partition coefficient (Wildman–Crippen LogP) is 1.99. The Morgan fingerprint density at radius 1 is 1.31 bits per heavy atom. The molecule has 0 radical (unpaired) electrons. The van der Waals surface area contributed by atoms with Gasteiger partial charge in [-0.3, -0.25) is 0 Å². The summed E-state index contributed by atoms with van der Waals surface area (Å²) in [6, 6.07) is 0. The van der Waals surface area contributed by atoms with Gasteiger partial charge >= 0.3 is 5.97 Å². The summed E-state index contributed by atoms with van der Waals surface area (Å²) in [6.07, 6.45) is 2.97. The van der Waals surface area contributed by atoms with Gasteiger partial charge < -0.3 is 23.8 Å². The van der Waals surface area contributed by atoms with Crippen molar-refractivity contribution in [3.63, 3.8) is 0 Å². The molecule has 1 heterocycles. The van der Waals surface area contributed by atoms with E-state index in [0.717, 1.165) is 25.9 Å². The van der Waals surface area contributed by atoms with Crippen LogP contribution in [-0.4, -0.2) is 80.4 Å². The van der Waals surface area contributed by atoms with Gasteiger partial charge in [-0.2, -0.15) is 0 Å². The highest BCUT2D eigenvalue weighted by atomic mass is 16.5. The maximum absolute atomic E-state index is 12.0. The minimum Gasteiger partial charge on any atom is -0.462 e. The smallest absolute Gasteiger partial charge is 0.361 e. The van der Waals surface area contributed by atoms with Crippen molar-refractivity contribution < 1.29 is 28.6 Å². The number of carbonyl (C=O) groups is 1. The number of hydrogen-bond acceptors (Lipinski definition) is 5. The Morgan fingerprint density at radius 2 is 2.00 bits per heavy atom. The van der Waals surface area contributed by atoms with E-state index in [9.17, 15) is 9.90 Å². The molecule has 2 aliphatic rings. The Labute approximate surface area is 158 Å². The average molecular weight is 373 g/mol. The number of hydrogen-bond donors (Lipinski definition) is 1. The average Bonchev–Trinajstić information content (AvgIpc) is 2.52. The van der Waals surface area contributed by atoms with Crippen LogP contribution in [0.1, 0.15) is 47.0 Å². The molecule has 2 rings (SSSR count). The number of carbonyl (C=O) groups excluding carboxylic acids is 1. The Hall–Kier alpha value is -0.690. The maximum atomic E-state index is 12.0. The van der Waals surface area contributed by atoms with Gasteiger partial charge in [0.2, 0.25) is 0 Å². The molecule has 0 aromatic heterocycles. The molecule has 1 saturated carbocycles. The zero-order chi connectivity index (χ0) is 19.2. The number of morpholine rings is 1. The van der Waals surface area contributed by atoms with Crippen LogP contribution in [0.15, 0.2) is 0 Å². The molecular formula is C20H38NO5+. The summed E-state index contributed by atoms with van der Waals surface area (Å²) in [5, 5.41) is 10.6. The van der Waals surface area contributed by atoms with Crippen LogP contribution < -0.4 is 0 Å². The minimum absolute atomic E-state index is 0.203. The van der Waals surface area contributed by atoms with Gasteiger partial charge in [0.1, 0.15) is 25.7 Å². The van der Waals surface area contributed by atoms with Crippen molar-refractivity contribution in [2.24, 2.45) is 11.3 Å². The van der Waals surface area contributed by atoms with Gasteiger partial charge in [0, 0.05) is 0 Å². The van der Waals surface area contributed by atoms with E-state index >= 15 is 0 Å². The number of aliphatic hydroxyl groups is 1. The molecule has 0 unspecified atom stereocenters. The SMILES string of the molecule is CCOC(=O)C[N+]1(C[C@H](O)CO[C@H]2C[C@H](C)CC(C)(C)C2)CCOCC1. The molecule has 0 bridgehead atoms. The third kappa shape index (κ3) is 6.80. The lowest BCUT2D eigenvalue weighted by Gasteiger charge is -2.42. The molecule has 0 aromatic carbocycles. The number of aliphatic hydroxyl groups excluding tert-OH is 1. The number of nitrogens with zero attached hydrogens (tertiary/aromatic N) is 1. The molecule has 2 fully saturated rings. The molecule has 6 heteroatoms. The zero-order valence-electron chi connectivity index (χ0n) is 17.0. The molecule has 152 valence electrons. The molecule has 1 aliphatic carbocycles. The van der Waals surface area contributed by atoms with Crippen molar-refractivity contribution in [2.75, 3.05) is 52.6 Å². The first-order valence-corrected chi connectivity index (χ1v) is 10.1. The van der Waals surface area contributed by atoms with Crippen LogP contribution >= 0.6 is 0 Å². The highest BCUT2D eigenvalue weighted by Crippen LogP contribution is 2.39. The van der Waals surface area contributed by atoms with Crippen LogP contribution in [0.2, 0.25) is 0 Å². The summed E-state index contributed by atoms with van der Waals surface area (Å²) in [5.41, 5.74) is 0.301. The number of quaternary nitrogens is 1. The second kappa shape index (κ2) is 9.49. The number of rotatable bonds is 8. The highest BCUT2D eigenvalue weighted by molar-refractivity contribution is 5.70. The van der Waals surface area contributed by atoms with Crippen LogP contribution in [0, 0.1) is 11.3 Å². The Morgan fingerprint density at radius 3 is 2.62 bits per heavy atom. The van der Waals surface area contributed by atoms with E-state index in [1.807, 2.05) is 6.92 Å². The lowest BCUT2D eigenvalue weighted by atomic mass is 9.71. The highest BCUT2D eigenvalue weighted by Gasteiger charge is 2.37. The summed E-state index contributed by atoms with van der Waals surface area (Å²) >= 11 is 0. The fourth-order valence-corrected chi connectivity index (χ4v) is 4.75. The number of ether oxygens (including phenoxy) is 3. The summed E-state index contributed by atoms with van der Waals surface area (Å²) < 4.78 is 17.2. The molecule has 0 amide bonds. The van der Waals surface area contributed by atoms with Crippen molar-refractivity contribution in [3.8, 4) is 0 Å². The normalized spacial score (nSPS) is 29.1. The van der Waals surface area contributed by atoms with E-state index in [2.05, 4.69) is 20.8 Å². The van der Waals surface area contributed by atoms with Crippen LogP contribution in [-0.2, 0) is 19.0 Å². The summed E-state index contributed by atoms with van der Waals surface area (Å²) in [5.74, 6) is 0.452. The van der Waals surface area contributed by atoms with Gasteiger partial charge in [-0.1, -0.05) is 20.8 Å². The third-order valence-electron chi connectivity index (χ3n) is 5.66. The molecule has 26 heavy (non-hydrogen) atoms. The summed E-state index contributed by atoms with van der Waals surface area (Å²) in [7, 11) is 0. The molecule has 3 atom stereocenters. The van der Waals surface area contributed by atoms with E-state index in [4.69, 9.17) is 14.2 Å². The monoisotopic (exact) mass is 372 g/mol. The van der Waals surface area contributed by atoms with Crippen LogP contribution in [0.4, 0.5) is 0 Å². The van der Waals surface area contributed by atoms with Gasteiger partial charge in [-0.15, -0.1) is 0 Å². The largest absolute Gasteiger partial charge is 0.462 e. The topological polar surface area (TPSA) is 65.0 Å². The quantitative estimate of drug-likeness (QED) is 0.521. The van der Waals surface area contributed by atoms with Crippen molar-refractivity contribution in [1.29, 1.82) is 0 Å². The standard InChI is InChI=1S/C20H38NO5/c1-5-25-19(23)14-21(6-8-24-9-7-21)13-17(22)15-26-18-10-16(2)11-20(3,4)12-18/h16-18,22H,5-15H2,1-4H3/q+1/t16-,17-,18-/m0/s1. The van der Waals surface area contributed by atoms with Gasteiger partial charge in [0.05, 0.1) is 32.5 Å². The van der Waals surface area contributed by atoms with Crippen molar-refractivity contribution >= 4 is 5.97 Å². The molecule has 1 aliphatic heterocycles. The van der Waals surface area contributed by atoms with E-state index in [1.165, 1.54) is 6.42 Å². The first kappa shape index (κ1) is 21.6. The van der Waals surface area contributed by atoms with Crippen LogP contribution in [0.5, 0.6) is 0 Å². The third-order valence-corrected chi connectivity index (χ3v) is 5.66. The molecule has 0 aromatic rings. The molecular weight excluding hydrogens is 334 g/mol. The van der Waals surface area contributed by atoms with Crippen molar-refractivity contribution in [1.82, 2.24) is 0 Å². The van der Waals surface area contributed by atoms with E-state index in [-0.39, 0.29) is 12.1 Å². The van der Waals surface area contributed by atoms with E-state index in [1.54, 1.807) is 0 Å². The number of esters is 1. The van der Waals surface area contributed by atoms with E-state index < -0.39 is 6.10 Å². The molecule has 0 spiro atoms. The molecule has 6 nitrogen and oxygen atoms in total. The first-order valence-electron chi connectivity index (χ1n) is 10.1. The zero-order valence-corrected chi connectivity index (χ0v) is 17.0. The van der Waals surface area contributed by atoms with Crippen molar-refractivity contribution in [2.45, 2.75) is 59.2 Å². The van der Waals surface area contributed by atoms with Gasteiger partial charge in [0.25, 0.3) is 0 Å². The second-order valence-electron chi connectivity index (χ2n) is 9.07. The van der Waals surface area contributed by atoms with Crippen molar-refractivity contribution in [3.05, 3.63) is 0 Å². The summed E-state index contributed by atoms with van der Waals surface area (Å²) in [4.78, 5) is 12.0. The van der Waals surface area contributed by atoms with Gasteiger partial charge in [-0.25, -0.2) is 4.79 Å². The fourth-order valence-electron chi connectivity index (χ4n) is 4.75. The molecule has 1 saturated heterocycles.